The Morgan fingerprint density at radius 3 is 1.20 bits per heavy atom. The number of aliphatic hydroxyl groups excluding tert-OH is 22. The Morgan fingerprint density at radius 2 is 0.663 bits per heavy atom. The van der Waals surface area contributed by atoms with Crippen molar-refractivity contribution in [3.63, 3.8) is 0 Å². The molecule has 41 nitrogen and oxygen atoms in total. The van der Waals surface area contributed by atoms with Crippen molar-refractivity contribution in [2.24, 2.45) is 0 Å². The summed E-state index contributed by atoms with van der Waals surface area (Å²) in [5.41, 5.74) is 0. The standard InChI is InChI=1S/C51H86N2O39/c1-11-23(61)30(68)36(74)48(80-11)90-41-22(53-13(3)60)44(77)81-18(8-58)40(41)89-45-21(52-12(2)59)29(67)39(17(7-57)85-45)88-51-43(92-49-34(72)26(64)16(6-56)84-49)33(71)27(65)19(87-51)9-79-47-38(76)42(91-50-37(75)32(70)25(63)15(5-55)83-50)28(66)20(86-47)10-78-46-35(73)31(69)24(62)14(4-54)82-46/h11,14-51,54-58,61-77H,4-10H2,1-3H3,(H,52,59)(H,53,60)/t11-,14+,15+,16+,17+,18+,19+,20+,21+,22+,23+,24+,25+,26-,27+,28+,29+,30+,31-,32-,33-,34+,35-,36-,37-,38-,39+,40+,41+,42-,43-,44+,45-,46-,47-,48-,49-,50+,51-/m0/s1. The molecule has 0 radical (unpaired) electrons. The molecule has 0 spiro atoms. The van der Waals surface area contributed by atoms with Crippen LogP contribution in [-0.4, -0.2) is 410 Å². The van der Waals surface area contributed by atoms with E-state index in [1.54, 1.807) is 0 Å². The average Bonchev–Trinajstić information content (AvgIpc) is 0.794. The van der Waals surface area contributed by atoms with Gasteiger partial charge in [-0.05, 0) is 6.92 Å². The number of carbonyl (C=O) groups is 2. The quantitative estimate of drug-likeness (QED) is 0.0452. The molecule has 8 rings (SSSR count). The van der Waals surface area contributed by atoms with Gasteiger partial charge in [0.1, 0.15) is 183 Å². The average molecular weight is 1350 g/mol. The predicted octanol–water partition coefficient (Wildman–Crippen LogP) is -16.5. The summed E-state index contributed by atoms with van der Waals surface area (Å²) >= 11 is 0. The Hall–Kier alpha value is -2.54. The van der Waals surface area contributed by atoms with Gasteiger partial charge in [0.2, 0.25) is 11.8 Å². The van der Waals surface area contributed by atoms with Crippen molar-refractivity contribution in [2.45, 2.75) is 260 Å². The van der Waals surface area contributed by atoms with Crippen LogP contribution in [0.3, 0.4) is 0 Å². The van der Waals surface area contributed by atoms with Gasteiger partial charge in [-0.25, -0.2) is 0 Å². The monoisotopic (exact) mass is 1350 g/mol. The van der Waals surface area contributed by atoms with Crippen LogP contribution in [0.4, 0.5) is 0 Å². The maximum atomic E-state index is 13.0. The lowest BCUT2D eigenvalue weighted by Crippen LogP contribution is -2.71. The van der Waals surface area contributed by atoms with E-state index >= 15 is 0 Å². The first kappa shape index (κ1) is 75.2. The molecule has 8 heterocycles. The zero-order chi connectivity index (χ0) is 67.6. The number of hydrogen-bond acceptors (Lipinski definition) is 39. The number of amides is 2. The molecule has 8 fully saturated rings. The SMILES string of the molecule is CC(=O)N[C@@H]1[C@@H](O[C@@H]2O[C@@H](C)[C@@H](O)[C@@H](O)[C@@H]2O)[C@H](O[C@@H]2O[C@H](CO)[C@@H](O[C@@H]3O[C@H](CO[C@H]4O[C@H](CO[C@H]5O[C@H](CO)[C@@H](O)[C@H](O)[C@@H]5O)[C@@H](O)[C@H](O[C@H]5O[C@H](CO)[C@@H](O)[C@H](O)[C@@H]5O)[C@@H]4O)[C@@H](O)[C@H](O)[C@@H]3O[C@@H]3O[C@H](CO)[C@H](O)[C@H]3O)[C@H](O)[C@H]2NC(C)=O)[C@@H](CO)O[C@H]1O. The molecule has 0 unspecified atom stereocenters. The number of ether oxygens (including phenoxy) is 15. The summed E-state index contributed by atoms with van der Waals surface area (Å²) in [7, 11) is 0. The van der Waals surface area contributed by atoms with Crippen LogP contribution in [0.2, 0.25) is 0 Å². The lowest BCUT2D eigenvalue weighted by molar-refractivity contribution is -0.386. The Morgan fingerprint density at radius 1 is 0.304 bits per heavy atom. The second-order valence-electron chi connectivity index (χ2n) is 23.4. The van der Waals surface area contributed by atoms with Crippen molar-refractivity contribution in [2.75, 3.05) is 46.2 Å². The van der Waals surface area contributed by atoms with Gasteiger partial charge < -0.3 is 194 Å². The fourth-order valence-electron chi connectivity index (χ4n) is 11.8. The smallest absolute Gasteiger partial charge is 0.217 e. The molecule has 0 aromatic heterocycles. The summed E-state index contributed by atoms with van der Waals surface area (Å²) in [6.45, 7) is -3.56. The molecule has 8 aliphatic heterocycles. The van der Waals surface area contributed by atoms with Gasteiger partial charge in [0.15, 0.2) is 50.3 Å². The highest BCUT2D eigenvalue weighted by atomic mass is 16.8. The maximum Gasteiger partial charge on any atom is 0.217 e. The Labute approximate surface area is 521 Å². The summed E-state index contributed by atoms with van der Waals surface area (Å²) in [5, 5.41) is 243. The fourth-order valence-corrected chi connectivity index (χ4v) is 11.8. The highest BCUT2D eigenvalue weighted by Gasteiger charge is 2.59. The molecule has 0 aromatic carbocycles. The number of hydrogen-bond donors (Lipinski definition) is 24. The first-order chi connectivity index (χ1) is 43.5. The maximum absolute atomic E-state index is 13.0. The van der Waals surface area contributed by atoms with Crippen LogP contribution in [0.5, 0.6) is 0 Å². The molecule has 0 saturated carbocycles. The van der Waals surface area contributed by atoms with Gasteiger partial charge in [-0.2, -0.15) is 0 Å². The number of nitrogens with one attached hydrogen (secondary N) is 2. The van der Waals surface area contributed by atoms with Gasteiger partial charge >= 0.3 is 0 Å². The zero-order valence-electron chi connectivity index (χ0n) is 49.2. The summed E-state index contributed by atoms with van der Waals surface area (Å²) in [6.07, 6.45) is -71.6. The van der Waals surface area contributed by atoms with E-state index in [1.165, 1.54) is 6.92 Å². The van der Waals surface area contributed by atoms with E-state index in [1.807, 2.05) is 0 Å². The minimum absolute atomic E-state index is 0.806. The predicted molar refractivity (Wildman–Crippen MR) is 280 cm³/mol. The van der Waals surface area contributed by atoms with E-state index in [9.17, 15) is 122 Å². The topological polar surface area (TPSA) is 642 Å². The molecule has 39 atom stereocenters. The zero-order valence-corrected chi connectivity index (χ0v) is 49.2. The molecule has 24 N–H and O–H groups in total. The van der Waals surface area contributed by atoms with Crippen molar-refractivity contribution in [1.29, 1.82) is 0 Å². The van der Waals surface area contributed by atoms with Crippen LogP contribution in [0.15, 0.2) is 0 Å². The van der Waals surface area contributed by atoms with Crippen LogP contribution in [0, 0.1) is 0 Å². The largest absolute Gasteiger partial charge is 0.394 e. The van der Waals surface area contributed by atoms with Gasteiger partial charge in [-0.3, -0.25) is 9.59 Å². The molecule has 8 saturated heterocycles. The van der Waals surface area contributed by atoms with Gasteiger partial charge in [-0.1, -0.05) is 0 Å². The minimum Gasteiger partial charge on any atom is -0.394 e. The Balaban J connectivity index is 1.07. The second-order valence-corrected chi connectivity index (χ2v) is 23.4. The summed E-state index contributed by atoms with van der Waals surface area (Å²) < 4.78 is 87.2. The van der Waals surface area contributed by atoms with Crippen molar-refractivity contribution in [3.05, 3.63) is 0 Å². The second kappa shape index (κ2) is 32.4. The molecular weight excluding hydrogens is 1260 g/mol. The van der Waals surface area contributed by atoms with Gasteiger partial charge in [0.25, 0.3) is 0 Å². The van der Waals surface area contributed by atoms with E-state index in [-0.39, 0.29) is 0 Å². The van der Waals surface area contributed by atoms with Crippen LogP contribution >= 0.6 is 0 Å². The third-order valence-corrected chi connectivity index (χ3v) is 17.0. The van der Waals surface area contributed by atoms with Crippen LogP contribution < -0.4 is 10.6 Å². The normalized spacial score (nSPS) is 51.1. The van der Waals surface area contributed by atoms with Crippen LogP contribution in [-0.2, 0) is 80.6 Å². The molecule has 0 aromatic rings. The van der Waals surface area contributed by atoms with Crippen molar-refractivity contribution >= 4 is 11.8 Å². The van der Waals surface area contributed by atoms with E-state index < -0.39 is 297 Å². The number of rotatable bonds is 23. The number of aliphatic hydroxyl groups is 22. The lowest BCUT2D eigenvalue weighted by Gasteiger charge is -2.51. The van der Waals surface area contributed by atoms with Crippen LogP contribution in [0.1, 0.15) is 20.8 Å². The molecule has 41 heteroatoms. The first-order valence-electron chi connectivity index (χ1n) is 29.4. The molecule has 0 aliphatic carbocycles. The number of carbonyl (C=O) groups excluding carboxylic acids is 2. The molecule has 92 heavy (non-hydrogen) atoms. The Bertz CT molecular complexity index is 2310. The molecule has 0 bridgehead atoms. The van der Waals surface area contributed by atoms with E-state index in [4.69, 9.17) is 71.1 Å². The fraction of sp³-hybridized carbons (Fsp3) is 0.961. The lowest BCUT2D eigenvalue weighted by atomic mass is 9.93. The first-order valence-corrected chi connectivity index (χ1v) is 29.4. The summed E-state index contributed by atoms with van der Waals surface area (Å²) in [5.74, 6) is -1.72. The van der Waals surface area contributed by atoms with E-state index in [0.717, 1.165) is 13.8 Å². The molecular formula is C51H86N2O39. The molecule has 534 valence electrons. The third kappa shape index (κ3) is 16.1. The summed E-state index contributed by atoms with van der Waals surface area (Å²) in [6, 6.07) is -3.58. The van der Waals surface area contributed by atoms with Crippen LogP contribution in [0.25, 0.3) is 0 Å². The summed E-state index contributed by atoms with van der Waals surface area (Å²) in [4.78, 5) is 25.5. The van der Waals surface area contributed by atoms with Gasteiger partial charge in [0.05, 0.1) is 52.4 Å². The molecule has 8 aliphatic rings. The third-order valence-electron chi connectivity index (χ3n) is 17.0. The van der Waals surface area contributed by atoms with E-state index in [2.05, 4.69) is 10.6 Å². The highest BCUT2D eigenvalue weighted by Crippen LogP contribution is 2.38. The molecule has 2 amide bonds. The van der Waals surface area contributed by atoms with Crippen molar-refractivity contribution < 1.29 is 193 Å². The van der Waals surface area contributed by atoms with Gasteiger partial charge in [-0.15, -0.1) is 0 Å². The Kier molecular flexibility index (Phi) is 26.5. The highest BCUT2D eigenvalue weighted by molar-refractivity contribution is 5.73. The van der Waals surface area contributed by atoms with Gasteiger partial charge in [0, 0.05) is 13.8 Å². The van der Waals surface area contributed by atoms with E-state index in [0.29, 0.717) is 0 Å². The van der Waals surface area contributed by atoms with Crippen molar-refractivity contribution in [3.8, 4) is 0 Å². The minimum atomic E-state index is -2.31. The van der Waals surface area contributed by atoms with Crippen molar-refractivity contribution in [1.82, 2.24) is 10.6 Å².